The van der Waals surface area contributed by atoms with E-state index in [9.17, 15) is 19.8 Å². The van der Waals surface area contributed by atoms with Gasteiger partial charge in [-0.25, -0.2) is 0 Å². The van der Waals surface area contributed by atoms with Crippen molar-refractivity contribution in [3.63, 3.8) is 0 Å². The highest BCUT2D eigenvalue weighted by atomic mass is 16.4. The van der Waals surface area contributed by atoms with E-state index in [-0.39, 0.29) is 29.4 Å². The molecule has 0 unspecified atom stereocenters. The number of anilines is 1. The minimum atomic E-state index is -1.07. The molecule has 2 bridgehead atoms. The van der Waals surface area contributed by atoms with E-state index in [2.05, 4.69) is 5.32 Å². The summed E-state index contributed by atoms with van der Waals surface area (Å²) in [6.45, 7) is 5.59. The molecule has 0 radical (unpaired) electrons. The van der Waals surface area contributed by atoms with Crippen LogP contribution in [0.2, 0.25) is 0 Å². The molecule has 1 saturated carbocycles. The molecular formula is C19H23NO4. The molecule has 0 spiro atoms. The molecule has 4 atom stereocenters. The summed E-state index contributed by atoms with van der Waals surface area (Å²) in [7, 11) is 0. The number of carbonyl (C=O) groups is 2. The lowest BCUT2D eigenvalue weighted by Crippen LogP contribution is -2.45. The van der Waals surface area contributed by atoms with Gasteiger partial charge in [0.25, 0.3) is 0 Å². The summed E-state index contributed by atoms with van der Waals surface area (Å²) >= 11 is 0. The summed E-state index contributed by atoms with van der Waals surface area (Å²) in [5.74, 6) is -1.58. The number of phenols is 1. The van der Waals surface area contributed by atoms with Crippen LogP contribution in [0.15, 0.2) is 30.4 Å². The van der Waals surface area contributed by atoms with E-state index >= 15 is 0 Å². The lowest BCUT2D eigenvalue weighted by atomic mass is 9.69. The second-order valence-corrected chi connectivity index (χ2v) is 7.37. The summed E-state index contributed by atoms with van der Waals surface area (Å²) in [6, 6.07) is 4.95. The summed E-state index contributed by atoms with van der Waals surface area (Å²) in [5, 5.41) is 22.4. The van der Waals surface area contributed by atoms with Gasteiger partial charge in [0.05, 0.1) is 11.3 Å². The number of allylic oxidation sites excluding steroid dienone is 2. The fraction of sp³-hybridized carbons (Fsp3) is 0.474. The first-order chi connectivity index (χ1) is 11.2. The maximum Gasteiger partial charge on any atom is 0.310 e. The van der Waals surface area contributed by atoms with Gasteiger partial charge in [0, 0.05) is 5.69 Å². The van der Waals surface area contributed by atoms with Crippen molar-refractivity contribution in [3.8, 4) is 5.75 Å². The van der Waals surface area contributed by atoms with Crippen molar-refractivity contribution in [1.29, 1.82) is 0 Å². The molecule has 2 aliphatic carbocycles. The number of aromatic hydroxyl groups is 1. The fourth-order valence-electron chi connectivity index (χ4n) is 4.17. The van der Waals surface area contributed by atoms with Gasteiger partial charge in [-0.05, 0) is 54.9 Å². The molecule has 0 aromatic heterocycles. The molecule has 24 heavy (non-hydrogen) atoms. The van der Waals surface area contributed by atoms with Crippen molar-refractivity contribution >= 4 is 17.6 Å². The highest BCUT2D eigenvalue weighted by Gasteiger charge is 2.60. The van der Waals surface area contributed by atoms with E-state index in [0.717, 1.165) is 5.56 Å². The Morgan fingerprint density at radius 1 is 1.29 bits per heavy atom. The van der Waals surface area contributed by atoms with Gasteiger partial charge in [0.15, 0.2) is 0 Å². The summed E-state index contributed by atoms with van der Waals surface area (Å²) < 4.78 is 0. The lowest BCUT2D eigenvalue weighted by molar-refractivity contribution is -0.155. The number of amides is 1. The number of hydrogen-bond acceptors (Lipinski definition) is 3. The van der Waals surface area contributed by atoms with Crippen LogP contribution in [0.4, 0.5) is 5.69 Å². The molecule has 0 aliphatic heterocycles. The van der Waals surface area contributed by atoms with Crippen LogP contribution in [0.1, 0.15) is 38.7 Å². The molecule has 1 amide bonds. The van der Waals surface area contributed by atoms with Crippen molar-refractivity contribution in [2.24, 2.45) is 23.2 Å². The van der Waals surface area contributed by atoms with Crippen molar-refractivity contribution in [1.82, 2.24) is 0 Å². The van der Waals surface area contributed by atoms with Crippen LogP contribution >= 0.6 is 0 Å². The average molecular weight is 329 g/mol. The normalized spacial score (nSPS) is 30.8. The fourth-order valence-corrected chi connectivity index (χ4v) is 4.17. The summed E-state index contributed by atoms with van der Waals surface area (Å²) in [6.07, 6.45) is 4.61. The summed E-state index contributed by atoms with van der Waals surface area (Å²) in [4.78, 5) is 24.6. The Labute approximate surface area is 141 Å². The molecule has 5 heteroatoms. The second-order valence-electron chi connectivity index (χ2n) is 7.37. The number of rotatable bonds is 4. The van der Waals surface area contributed by atoms with Crippen LogP contribution < -0.4 is 5.32 Å². The molecule has 128 valence electrons. The van der Waals surface area contributed by atoms with Gasteiger partial charge in [-0.3, -0.25) is 9.59 Å². The van der Waals surface area contributed by atoms with Gasteiger partial charge >= 0.3 is 5.97 Å². The van der Waals surface area contributed by atoms with Crippen LogP contribution in [0, 0.1) is 23.2 Å². The zero-order valence-electron chi connectivity index (χ0n) is 14.1. The number of benzene rings is 1. The van der Waals surface area contributed by atoms with Crippen LogP contribution in [-0.2, 0) is 9.59 Å². The Morgan fingerprint density at radius 2 is 2.00 bits per heavy atom. The Morgan fingerprint density at radius 3 is 2.62 bits per heavy atom. The lowest BCUT2D eigenvalue weighted by Gasteiger charge is -2.33. The monoisotopic (exact) mass is 329 g/mol. The van der Waals surface area contributed by atoms with Gasteiger partial charge in [-0.1, -0.05) is 26.0 Å². The van der Waals surface area contributed by atoms with Crippen LogP contribution in [-0.4, -0.2) is 22.1 Å². The molecule has 1 aromatic rings. The number of carbonyl (C=O) groups excluding carboxylic acids is 1. The smallest absolute Gasteiger partial charge is 0.310 e. The number of hydrogen-bond donors (Lipinski definition) is 3. The first-order valence-corrected chi connectivity index (χ1v) is 8.30. The number of carboxylic acids is 1. The van der Waals surface area contributed by atoms with Gasteiger partial charge in [0.2, 0.25) is 5.91 Å². The largest absolute Gasteiger partial charge is 0.508 e. The maximum absolute atomic E-state index is 12.8. The van der Waals surface area contributed by atoms with Crippen molar-refractivity contribution < 1.29 is 19.8 Å². The SMILES string of the molecule is CC(C)c1cc(NC(=O)[C@@H]2[C@@H]3C=C[C@@H](C3)[C@]2(C)C(=O)O)ccc1O. The third-order valence-electron chi connectivity index (χ3n) is 5.62. The van der Waals surface area contributed by atoms with E-state index in [1.54, 1.807) is 25.1 Å². The van der Waals surface area contributed by atoms with E-state index in [1.807, 2.05) is 26.0 Å². The Kier molecular flexibility index (Phi) is 3.90. The van der Waals surface area contributed by atoms with Gasteiger partial charge in [-0.2, -0.15) is 0 Å². The number of aliphatic carboxylic acids is 1. The molecule has 0 saturated heterocycles. The van der Waals surface area contributed by atoms with Gasteiger partial charge < -0.3 is 15.5 Å². The van der Waals surface area contributed by atoms with Crippen molar-refractivity contribution in [2.75, 3.05) is 5.32 Å². The number of fused-ring (bicyclic) bond motifs is 2. The molecule has 5 nitrogen and oxygen atoms in total. The average Bonchev–Trinajstić information content (AvgIpc) is 3.08. The predicted octanol–water partition coefficient (Wildman–Crippen LogP) is 3.37. The Bertz CT molecular complexity index is 724. The third kappa shape index (κ3) is 2.39. The van der Waals surface area contributed by atoms with Crippen LogP contribution in [0.5, 0.6) is 5.75 Å². The molecule has 3 rings (SSSR count). The number of carboxylic acid groups (broad SMARTS) is 1. The van der Waals surface area contributed by atoms with Crippen LogP contribution in [0.3, 0.4) is 0 Å². The first kappa shape index (κ1) is 16.6. The van der Waals surface area contributed by atoms with E-state index in [1.165, 1.54) is 0 Å². The standard InChI is InChI=1S/C19H23NO4/c1-10(2)14-9-13(6-7-15(14)21)20-17(22)16-11-4-5-12(8-11)19(16,3)18(23)24/h4-7,9-12,16,21H,8H2,1-3H3,(H,20,22)(H,23,24)/t11-,12+,16+,19+/m1/s1. The highest BCUT2D eigenvalue weighted by molar-refractivity contribution is 5.97. The number of nitrogens with one attached hydrogen (secondary N) is 1. The Balaban J connectivity index is 1.86. The van der Waals surface area contributed by atoms with Gasteiger partial charge in [-0.15, -0.1) is 0 Å². The third-order valence-corrected chi connectivity index (χ3v) is 5.62. The first-order valence-electron chi connectivity index (χ1n) is 8.30. The van der Waals surface area contributed by atoms with Crippen LogP contribution in [0.25, 0.3) is 0 Å². The zero-order valence-corrected chi connectivity index (χ0v) is 14.1. The van der Waals surface area contributed by atoms with E-state index < -0.39 is 17.3 Å². The van der Waals surface area contributed by atoms with Crippen molar-refractivity contribution in [2.45, 2.75) is 33.1 Å². The number of phenolic OH excluding ortho intramolecular Hbond substituents is 1. The van der Waals surface area contributed by atoms with Gasteiger partial charge in [0.1, 0.15) is 5.75 Å². The van der Waals surface area contributed by atoms with Crippen molar-refractivity contribution in [3.05, 3.63) is 35.9 Å². The zero-order chi connectivity index (χ0) is 17.6. The molecule has 2 aliphatic rings. The molecule has 0 heterocycles. The predicted molar refractivity (Wildman–Crippen MR) is 90.8 cm³/mol. The van der Waals surface area contributed by atoms with E-state index in [0.29, 0.717) is 12.1 Å². The molecular weight excluding hydrogens is 306 g/mol. The quantitative estimate of drug-likeness (QED) is 0.584. The summed E-state index contributed by atoms with van der Waals surface area (Å²) in [5.41, 5.74) is 0.268. The topological polar surface area (TPSA) is 86.6 Å². The maximum atomic E-state index is 12.8. The highest BCUT2D eigenvalue weighted by Crippen LogP contribution is 2.56. The molecule has 1 fully saturated rings. The van der Waals surface area contributed by atoms with E-state index in [4.69, 9.17) is 0 Å². The Hall–Kier alpha value is -2.30. The molecule has 3 N–H and O–H groups in total. The second kappa shape index (κ2) is 5.65. The minimum absolute atomic E-state index is 0.0298. The minimum Gasteiger partial charge on any atom is -0.508 e. The molecule has 1 aromatic carbocycles.